The Hall–Kier alpha value is -3.61. The number of fused-ring (bicyclic) bond motifs is 1. The lowest BCUT2D eigenvalue weighted by Gasteiger charge is -2.16. The molecule has 142 valence electrons. The lowest BCUT2D eigenvalue weighted by Crippen LogP contribution is -2.09. The summed E-state index contributed by atoms with van der Waals surface area (Å²) in [6.45, 7) is 1.99. The molecule has 2 aromatic carbocycles. The van der Waals surface area contributed by atoms with Gasteiger partial charge in [-0.15, -0.1) is 0 Å². The highest BCUT2D eigenvalue weighted by atomic mass is 16.5. The van der Waals surface area contributed by atoms with Gasteiger partial charge in [0, 0.05) is 29.4 Å². The fourth-order valence-corrected chi connectivity index (χ4v) is 3.18. The van der Waals surface area contributed by atoms with Crippen LogP contribution in [0.3, 0.4) is 0 Å². The summed E-state index contributed by atoms with van der Waals surface area (Å²) in [5.74, 6) is 2.71. The first-order valence-electron chi connectivity index (χ1n) is 8.92. The maximum absolute atomic E-state index is 5.42. The molecular formula is C21H21N5O2. The maximum Gasteiger partial charge on any atom is 0.254 e. The topological polar surface area (TPSA) is 73.6 Å². The number of ether oxygens (including phenoxy) is 2. The lowest BCUT2D eigenvalue weighted by molar-refractivity contribution is 0.355. The molecule has 0 aliphatic heterocycles. The van der Waals surface area contributed by atoms with E-state index in [1.165, 1.54) is 11.9 Å². The minimum absolute atomic E-state index is 0.553. The molecule has 0 saturated carbocycles. The fraction of sp³-hybridized carbons (Fsp3) is 0.190. The second-order valence-corrected chi connectivity index (χ2v) is 6.35. The summed E-state index contributed by atoms with van der Waals surface area (Å²) in [5, 5.41) is 7.83. The first kappa shape index (κ1) is 17.8. The van der Waals surface area contributed by atoms with E-state index in [-0.39, 0.29) is 0 Å². The van der Waals surface area contributed by atoms with Crippen molar-refractivity contribution in [2.45, 2.75) is 13.3 Å². The second kappa shape index (κ2) is 7.56. The van der Waals surface area contributed by atoms with E-state index in [4.69, 9.17) is 9.47 Å². The second-order valence-electron chi connectivity index (χ2n) is 6.35. The van der Waals surface area contributed by atoms with Gasteiger partial charge in [-0.3, -0.25) is 0 Å². The van der Waals surface area contributed by atoms with Crippen molar-refractivity contribution in [2.24, 2.45) is 0 Å². The molecule has 0 spiro atoms. The number of anilines is 2. The van der Waals surface area contributed by atoms with Crippen molar-refractivity contribution in [3.05, 3.63) is 71.7 Å². The van der Waals surface area contributed by atoms with Crippen molar-refractivity contribution in [2.75, 3.05) is 19.5 Å². The average Bonchev–Trinajstić information content (AvgIpc) is 3.19. The Labute approximate surface area is 163 Å². The molecule has 0 atom stereocenters. The smallest absolute Gasteiger partial charge is 0.254 e. The van der Waals surface area contributed by atoms with E-state index in [9.17, 15) is 0 Å². The van der Waals surface area contributed by atoms with Crippen LogP contribution < -0.4 is 14.8 Å². The van der Waals surface area contributed by atoms with Gasteiger partial charge in [-0.25, -0.2) is 4.98 Å². The number of hydrogen-bond donors (Lipinski definition) is 1. The molecule has 1 N–H and O–H groups in total. The van der Waals surface area contributed by atoms with Gasteiger partial charge in [0.1, 0.15) is 12.1 Å². The molecule has 0 saturated heterocycles. The zero-order valence-corrected chi connectivity index (χ0v) is 16.0. The standard InChI is InChI=1S/C21H21N5O2/c1-14-17(11-15-7-5-4-6-8-15)20(26-21(24-14)22-13-23-26)25-16-9-10-18(27-2)19(12-16)28-3/h4-10,12-13,25H,11H2,1-3H3. The highest BCUT2D eigenvalue weighted by Crippen LogP contribution is 2.32. The number of methoxy groups -OCH3 is 2. The van der Waals surface area contributed by atoms with E-state index in [0.29, 0.717) is 17.3 Å². The molecular weight excluding hydrogens is 354 g/mol. The Kier molecular flexibility index (Phi) is 4.80. The van der Waals surface area contributed by atoms with Gasteiger partial charge in [0.25, 0.3) is 5.78 Å². The van der Waals surface area contributed by atoms with Gasteiger partial charge < -0.3 is 14.8 Å². The zero-order chi connectivity index (χ0) is 19.5. The van der Waals surface area contributed by atoms with Gasteiger partial charge in [0.2, 0.25) is 0 Å². The maximum atomic E-state index is 5.42. The van der Waals surface area contributed by atoms with Crippen molar-refractivity contribution < 1.29 is 9.47 Å². The van der Waals surface area contributed by atoms with Gasteiger partial charge in [0.05, 0.1) is 14.2 Å². The summed E-state index contributed by atoms with van der Waals surface area (Å²) in [6.07, 6.45) is 2.24. The van der Waals surface area contributed by atoms with E-state index in [2.05, 4.69) is 32.5 Å². The molecule has 4 aromatic rings. The molecule has 0 aliphatic carbocycles. The molecule has 0 bridgehead atoms. The molecule has 0 radical (unpaired) electrons. The first-order valence-corrected chi connectivity index (χ1v) is 8.92. The molecule has 7 heteroatoms. The Morgan fingerprint density at radius 2 is 1.79 bits per heavy atom. The lowest BCUT2D eigenvalue weighted by atomic mass is 10.0. The van der Waals surface area contributed by atoms with E-state index in [1.807, 2.05) is 43.3 Å². The number of rotatable bonds is 6. The monoisotopic (exact) mass is 375 g/mol. The van der Waals surface area contributed by atoms with Gasteiger partial charge in [-0.2, -0.15) is 14.6 Å². The van der Waals surface area contributed by atoms with E-state index in [1.54, 1.807) is 18.7 Å². The van der Waals surface area contributed by atoms with Gasteiger partial charge in [-0.05, 0) is 24.6 Å². The van der Waals surface area contributed by atoms with Crippen LogP contribution in [0.25, 0.3) is 5.78 Å². The Morgan fingerprint density at radius 3 is 2.54 bits per heavy atom. The molecule has 0 aliphatic rings. The molecule has 4 rings (SSSR count). The minimum atomic E-state index is 0.553. The van der Waals surface area contributed by atoms with E-state index in [0.717, 1.165) is 29.2 Å². The SMILES string of the molecule is COc1ccc(Nc2c(Cc3ccccc3)c(C)nc3ncnn23)cc1OC. The summed E-state index contributed by atoms with van der Waals surface area (Å²) in [5.41, 5.74) is 4.02. The van der Waals surface area contributed by atoms with Crippen molar-refractivity contribution >= 4 is 17.3 Å². The van der Waals surface area contributed by atoms with E-state index < -0.39 is 0 Å². The predicted octanol–water partition coefficient (Wildman–Crippen LogP) is 3.78. The Balaban J connectivity index is 1.80. The highest BCUT2D eigenvalue weighted by Gasteiger charge is 2.16. The van der Waals surface area contributed by atoms with Crippen molar-refractivity contribution in [3.8, 4) is 11.5 Å². The van der Waals surface area contributed by atoms with Gasteiger partial charge in [0.15, 0.2) is 11.5 Å². The summed E-state index contributed by atoms with van der Waals surface area (Å²) in [6, 6.07) is 16.0. The zero-order valence-electron chi connectivity index (χ0n) is 16.0. The Bertz CT molecular complexity index is 1110. The van der Waals surface area contributed by atoms with Crippen LogP contribution in [0.15, 0.2) is 54.9 Å². The number of nitrogens with one attached hydrogen (secondary N) is 1. The van der Waals surface area contributed by atoms with Crippen LogP contribution >= 0.6 is 0 Å². The molecule has 0 amide bonds. The number of aryl methyl sites for hydroxylation is 1. The minimum Gasteiger partial charge on any atom is -0.493 e. The van der Waals surface area contributed by atoms with Crippen molar-refractivity contribution in [3.63, 3.8) is 0 Å². The van der Waals surface area contributed by atoms with Gasteiger partial charge >= 0.3 is 0 Å². The number of hydrogen-bond acceptors (Lipinski definition) is 6. The predicted molar refractivity (Wildman–Crippen MR) is 108 cm³/mol. The van der Waals surface area contributed by atoms with E-state index >= 15 is 0 Å². The molecule has 0 unspecified atom stereocenters. The third-order valence-electron chi connectivity index (χ3n) is 4.60. The van der Waals surface area contributed by atoms with Crippen LogP contribution in [-0.2, 0) is 6.42 Å². The summed E-state index contributed by atoms with van der Waals surface area (Å²) in [4.78, 5) is 8.85. The molecule has 0 fully saturated rings. The van der Waals surface area contributed by atoms with Crippen LogP contribution in [0, 0.1) is 6.92 Å². The van der Waals surface area contributed by atoms with Crippen LogP contribution in [-0.4, -0.2) is 33.8 Å². The van der Waals surface area contributed by atoms with Gasteiger partial charge in [-0.1, -0.05) is 30.3 Å². The quantitative estimate of drug-likeness (QED) is 0.553. The van der Waals surface area contributed by atoms with Crippen LogP contribution in [0.2, 0.25) is 0 Å². The Morgan fingerprint density at radius 1 is 1.00 bits per heavy atom. The third-order valence-corrected chi connectivity index (χ3v) is 4.60. The summed E-state index contributed by atoms with van der Waals surface area (Å²) in [7, 11) is 3.24. The molecule has 7 nitrogen and oxygen atoms in total. The largest absolute Gasteiger partial charge is 0.493 e. The number of nitrogens with zero attached hydrogens (tertiary/aromatic N) is 4. The summed E-state index contributed by atoms with van der Waals surface area (Å²) < 4.78 is 12.5. The third kappa shape index (κ3) is 3.34. The number of aromatic nitrogens is 4. The average molecular weight is 375 g/mol. The van der Waals surface area contributed by atoms with Crippen LogP contribution in [0.1, 0.15) is 16.8 Å². The van der Waals surface area contributed by atoms with Crippen molar-refractivity contribution in [1.82, 2.24) is 19.6 Å². The highest BCUT2D eigenvalue weighted by molar-refractivity contribution is 5.66. The normalized spacial score (nSPS) is 10.8. The fourth-order valence-electron chi connectivity index (χ4n) is 3.18. The number of benzene rings is 2. The molecule has 28 heavy (non-hydrogen) atoms. The van der Waals surface area contributed by atoms with Crippen LogP contribution in [0.5, 0.6) is 11.5 Å². The van der Waals surface area contributed by atoms with Crippen LogP contribution in [0.4, 0.5) is 11.5 Å². The molecule has 2 heterocycles. The van der Waals surface area contributed by atoms with Crippen molar-refractivity contribution in [1.29, 1.82) is 0 Å². The molecule has 2 aromatic heterocycles. The summed E-state index contributed by atoms with van der Waals surface area (Å²) >= 11 is 0. The first-order chi connectivity index (χ1) is 13.7.